The van der Waals surface area contributed by atoms with Gasteiger partial charge in [-0.1, -0.05) is 11.6 Å². The summed E-state index contributed by atoms with van der Waals surface area (Å²) in [6, 6.07) is 0. The Morgan fingerprint density at radius 3 is 2.87 bits per heavy atom. The Bertz CT molecular complexity index is 366. The molecular formula is C10H14ClN3S. The second-order valence-corrected chi connectivity index (χ2v) is 5.51. The monoisotopic (exact) mass is 243 g/mol. The van der Waals surface area contributed by atoms with Crippen LogP contribution in [-0.4, -0.2) is 27.5 Å². The third kappa shape index (κ3) is 2.37. The molecule has 0 unspecified atom stereocenters. The zero-order valence-electron chi connectivity index (χ0n) is 8.88. The van der Waals surface area contributed by atoms with Crippen molar-refractivity contribution in [3.05, 3.63) is 17.0 Å². The molecule has 1 aliphatic rings. The van der Waals surface area contributed by atoms with E-state index in [1.165, 1.54) is 19.2 Å². The Morgan fingerprint density at radius 2 is 2.27 bits per heavy atom. The molecule has 1 fully saturated rings. The molecule has 5 heteroatoms. The van der Waals surface area contributed by atoms with E-state index < -0.39 is 0 Å². The van der Waals surface area contributed by atoms with Gasteiger partial charge in [-0.15, -0.1) is 0 Å². The van der Waals surface area contributed by atoms with Crippen molar-refractivity contribution in [2.75, 3.05) is 18.1 Å². The van der Waals surface area contributed by atoms with Crippen molar-refractivity contribution in [3.63, 3.8) is 0 Å². The van der Waals surface area contributed by atoms with Gasteiger partial charge in [0.2, 0.25) is 0 Å². The van der Waals surface area contributed by atoms with Gasteiger partial charge in [0.05, 0.1) is 0 Å². The molecule has 1 heterocycles. The molecule has 1 aromatic heterocycles. The van der Waals surface area contributed by atoms with Crippen LogP contribution >= 0.6 is 23.4 Å². The third-order valence-corrected chi connectivity index (χ3v) is 4.64. The third-order valence-electron chi connectivity index (χ3n) is 2.84. The predicted molar refractivity (Wildman–Crippen MR) is 65.7 cm³/mol. The molecule has 1 aromatic rings. The molecule has 0 radical (unpaired) electrons. The average Bonchev–Trinajstić information content (AvgIpc) is 3.01. The maximum Gasteiger partial charge on any atom is 0.137 e. The number of hydrogen-bond acceptors (Lipinski definition) is 4. The van der Waals surface area contributed by atoms with Crippen LogP contribution in [-0.2, 0) is 0 Å². The SMILES string of the molecule is CSC1(CNc2ncnc(Cl)c2C)CC1. The van der Waals surface area contributed by atoms with E-state index in [0.717, 1.165) is 17.9 Å². The van der Waals surface area contributed by atoms with Gasteiger partial charge < -0.3 is 5.32 Å². The number of hydrogen-bond donors (Lipinski definition) is 1. The highest BCUT2D eigenvalue weighted by atomic mass is 35.5. The normalized spacial score (nSPS) is 17.5. The quantitative estimate of drug-likeness (QED) is 0.826. The maximum absolute atomic E-state index is 5.92. The van der Waals surface area contributed by atoms with Gasteiger partial charge in [0.15, 0.2) is 0 Å². The van der Waals surface area contributed by atoms with Crippen LogP contribution < -0.4 is 5.32 Å². The molecule has 0 aromatic carbocycles. The van der Waals surface area contributed by atoms with E-state index in [1.54, 1.807) is 0 Å². The van der Waals surface area contributed by atoms with E-state index in [-0.39, 0.29) is 0 Å². The van der Waals surface area contributed by atoms with Crippen molar-refractivity contribution < 1.29 is 0 Å². The molecule has 1 saturated carbocycles. The molecule has 0 bridgehead atoms. The highest BCUT2D eigenvalue weighted by Crippen LogP contribution is 2.47. The Kier molecular flexibility index (Phi) is 3.07. The summed E-state index contributed by atoms with van der Waals surface area (Å²) in [5.41, 5.74) is 0.927. The summed E-state index contributed by atoms with van der Waals surface area (Å²) in [5, 5.41) is 3.88. The fourth-order valence-electron chi connectivity index (χ4n) is 1.44. The number of nitrogens with one attached hydrogen (secondary N) is 1. The van der Waals surface area contributed by atoms with Crippen molar-refractivity contribution in [2.45, 2.75) is 24.5 Å². The number of anilines is 1. The van der Waals surface area contributed by atoms with Crippen molar-refractivity contribution in [3.8, 4) is 0 Å². The average molecular weight is 244 g/mol. The van der Waals surface area contributed by atoms with Crippen LogP contribution in [0.1, 0.15) is 18.4 Å². The summed E-state index contributed by atoms with van der Waals surface area (Å²) >= 11 is 7.85. The van der Waals surface area contributed by atoms with Crippen LogP contribution in [0.2, 0.25) is 5.15 Å². The van der Waals surface area contributed by atoms with Crippen LogP contribution in [0.15, 0.2) is 6.33 Å². The molecule has 0 atom stereocenters. The Morgan fingerprint density at radius 1 is 1.53 bits per heavy atom. The lowest BCUT2D eigenvalue weighted by molar-refractivity contribution is 0.933. The minimum atomic E-state index is 0.434. The summed E-state index contributed by atoms with van der Waals surface area (Å²) in [4.78, 5) is 8.12. The van der Waals surface area contributed by atoms with Crippen LogP contribution in [0.3, 0.4) is 0 Å². The smallest absolute Gasteiger partial charge is 0.137 e. The Labute approximate surface area is 99.0 Å². The van der Waals surface area contributed by atoms with E-state index in [4.69, 9.17) is 11.6 Å². The first-order chi connectivity index (χ1) is 7.17. The lowest BCUT2D eigenvalue weighted by atomic mass is 10.3. The lowest BCUT2D eigenvalue weighted by Gasteiger charge is -2.14. The van der Waals surface area contributed by atoms with Crippen LogP contribution in [0.25, 0.3) is 0 Å². The van der Waals surface area contributed by atoms with Gasteiger partial charge in [-0.2, -0.15) is 11.8 Å². The fourth-order valence-corrected chi connectivity index (χ4v) is 2.30. The molecule has 2 rings (SSSR count). The summed E-state index contributed by atoms with van der Waals surface area (Å²) < 4.78 is 0.434. The molecule has 0 spiro atoms. The van der Waals surface area contributed by atoms with Crippen LogP contribution in [0.5, 0.6) is 0 Å². The maximum atomic E-state index is 5.92. The Hall–Kier alpha value is -0.480. The highest BCUT2D eigenvalue weighted by molar-refractivity contribution is 8.00. The topological polar surface area (TPSA) is 37.8 Å². The summed E-state index contributed by atoms with van der Waals surface area (Å²) in [6.07, 6.45) is 6.24. The van der Waals surface area contributed by atoms with Crippen molar-refractivity contribution in [1.29, 1.82) is 0 Å². The highest BCUT2D eigenvalue weighted by Gasteiger charge is 2.41. The first-order valence-corrected chi connectivity index (χ1v) is 6.53. The summed E-state index contributed by atoms with van der Waals surface area (Å²) in [6.45, 7) is 2.89. The standard InChI is InChI=1S/C10H14ClN3S/c1-7-8(11)13-6-14-9(7)12-5-10(15-2)3-4-10/h6H,3-5H2,1-2H3,(H,12,13,14). The van der Waals surface area contributed by atoms with Crippen LogP contribution in [0, 0.1) is 6.92 Å². The second kappa shape index (κ2) is 4.18. The van der Waals surface area contributed by atoms with Gasteiger partial charge in [-0.3, -0.25) is 0 Å². The number of nitrogens with zero attached hydrogens (tertiary/aromatic N) is 2. The molecule has 15 heavy (non-hydrogen) atoms. The van der Waals surface area contributed by atoms with E-state index in [1.807, 2.05) is 18.7 Å². The van der Waals surface area contributed by atoms with E-state index in [0.29, 0.717) is 9.90 Å². The minimum absolute atomic E-state index is 0.434. The van der Waals surface area contributed by atoms with Gasteiger partial charge in [0, 0.05) is 16.9 Å². The lowest BCUT2D eigenvalue weighted by Crippen LogP contribution is -2.18. The van der Waals surface area contributed by atoms with Crippen LogP contribution in [0.4, 0.5) is 5.82 Å². The molecule has 0 saturated heterocycles. The van der Waals surface area contributed by atoms with Crippen molar-refractivity contribution >= 4 is 29.2 Å². The fraction of sp³-hybridized carbons (Fsp3) is 0.600. The number of rotatable bonds is 4. The minimum Gasteiger partial charge on any atom is -0.368 e. The molecular weight excluding hydrogens is 230 g/mol. The van der Waals surface area contributed by atoms with Gasteiger partial charge in [0.1, 0.15) is 17.3 Å². The predicted octanol–water partition coefficient (Wildman–Crippen LogP) is 2.75. The molecule has 3 nitrogen and oxygen atoms in total. The van der Waals surface area contributed by atoms with Gasteiger partial charge in [-0.05, 0) is 26.0 Å². The number of thioether (sulfide) groups is 1. The van der Waals surface area contributed by atoms with E-state index >= 15 is 0 Å². The molecule has 82 valence electrons. The molecule has 0 aliphatic heterocycles. The zero-order valence-corrected chi connectivity index (χ0v) is 10.5. The molecule has 1 aliphatic carbocycles. The van der Waals surface area contributed by atoms with E-state index in [9.17, 15) is 0 Å². The number of aromatic nitrogens is 2. The largest absolute Gasteiger partial charge is 0.368 e. The van der Waals surface area contributed by atoms with E-state index in [2.05, 4.69) is 21.5 Å². The second-order valence-electron chi connectivity index (χ2n) is 3.88. The summed E-state index contributed by atoms with van der Waals surface area (Å²) in [7, 11) is 0. The van der Waals surface area contributed by atoms with Crippen molar-refractivity contribution in [1.82, 2.24) is 9.97 Å². The zero-order chi connectivity index (χ0) is 10.9. The van der Waals surface area contributed by atoms with Gasteiger partial charge in [0.25, 0.3) is 0 Å². The molecule has 0 amide bonds. The van der Waals surface area contributed by atoms with Gasteiger partial charge in [-0.25, -0.2) is 9.97 Å². The first kappa shape index (κ1) is 11.0. The number of halogens is 1. The first-order valence-electron chi connectivity index (χ1n) is 4.93. The Balaban J connectivity index is 2.02. The van der Waals surface area contributed by atoms with Gasteiger partial charge >= 0.3 is 0 Å². The molecule has 1 N–H and O–H groups in total. The summed E-state index contributed by atoms with van der Waals surface area (Å²) in [5.74, 6) is 0.857. The van der Waals surface area contributed by atoms with Crippen molar-refractivity contribution in [2.24, 2.45) is 0 Å².